The lowest BCUT2D eigenvalue weighted by Crippen LogP contribution is -2.13. The summed E-state index contributed by atoms with van der Waals surface area (Å²) >= 11 is 0. The molecular formula is C13H15N5. The van der Waals surface area contributed by atoms with Crippen molar-refractivity contribution in [3.05, 3.63) is 30.1 Å². The maximum Gasteiger partial charge on any atom is 0.152 e. The van der Waals surface area contributed by atoms with Gasteiger partial charge in [-0.25, -0.2) is 14.6 Å². The van der Waals surface area contributed by atoms with Gasteiger partial charge in [0.1, 0.15) is 16.9 Å². The number of rotatable bonds is 1. The number of nitrogens with zero attached hydrogens (tertiary/aromatic N) is 3. The molecule has 3 rings (SSSR count). The van der Waals surface area contributed by atoms with Crippen LogP contribution in [-0.4, -0.2) is 14.6 Å². The first-order valence-corrected chi connectivity index (χ1v) is 5.91. The number of aromatic nitrogens is 3. The number of para-hydroxylation sites is 1. The van der Waals surface area contributed by atoms with E-state index in [4.69, 9.17) is 11.6 Å². The van der Waals surface area contributed by atoms with Crippen LogP contribution in [0.2, 0.25) is 0 Å². The first kappa shape index (κ1) is 10.8. The molecule has 92 valence electrons. The molecule has 5 nitrogen and oxygen atoms in total. The first-order chi connectivity index (χ1) is 8.59. The Kier molecular flexibility index (Phi) is 2.16. The van der Waals surface area contributed by atoms with Crippen molar-refractivity contribution in [2.45, 2.75) is 19.8 Å². The number of hydrogen-bond acceptors (Lipinski definition) is 4. The molecule has 0 fully saturated rings. The highest BCUT2D eigenvalue weighted by Crippen LogP contribution is 2.29. The van der Waals surface area contributed by atoms with Crippen molar-refractivity contribution < 1.29 is 0 Å². The minimum atomic E-state index is 0.237. The molecule has 18 heavy (non-hydrogen) atoms. The second-order valence-electron chi connectivity index (χ2n) is 4.71. The van der Waals surface area contributed by atoms with E-state index in [1.165, 1.54) is 0 Å². The van der Waals surface area contributed by atoms with E-state index in [9.17, 15) is 0 Å². The summed E-state index contributed by atoms with van der Waals surface area (Å²) in [6.45, 7) is 4.10. The monoisotopic (exact) mass is 241 g/mol. The van der Waals surface area contributed by atoms with Crippen molar-refractivity contribution in [1.82, 2.24) is 14.6 Å². The second kappa shape index (κ2) is 3.60. The average molecular weight is 241 g/mol. The normalized spacial score (nSPS) is 11.7. The molecule has 0 bridgehead atoms. The molecule has 0 aliphatic heterocycles. The van der Waals surface area contributed by atoms with Crippen LogP contribution in [0.4, 0.5) is 5.82 Å². The summed E-state index contributed by atoms with van der Waals surface area (Å²) in [5, 5.41) is 0.976. The lowest BCUT2D eigenvalue weighted by Gasteiger charge is -2.06. The van der Waals surface area contributed by atoms with Crippen LogP contribution in [0.5, 0.6) is 0 Å². The van der Waals surface area contributed by atoms with E-state index in [1.54, 1.807) is 4.68 Å². The van der Waals surface area contributed by atoms with Crippen molar-refractivity contribution in [3.63, 3.8) is 0 Å². The first-order valence-electron chi connectivity index (χ1n) is 5.91. The van der Waals surface area contributed by atoms with Gasteiger partial charge in [0.05, 0.1) is 5.52 Å². The highest BCUT2D eigenvalue weighted by atomic mass is 15.3. The predicted molar refractivity (Wildman–Crippen MR) is 73.7 cm³/mol. The smallest absolute Gasteiger partial charge is 0.152 e. The van der Waals surface area contributed by atoms with Gasteiger partial charge in [0.25, 0.3) is 0 Å². The Bertz CT molecular complexity index is 742. The minimum Gasteiger partial charge on any atom is -0.382 e. The van der Waals surface area contributed by atoms with Gasteiger partial charge >= 0.3 is 0 Å². The molecule has 0 atom stereocenters. The molecule has 0 aliphatic rings. The third-order valence-corrected chi connectivity index (χ3v) is 3.10. The highest BCUT2D eigenvalue weighted by molar-refractivity contribution is 6.06. The van der Waals surface area contributed by atoms with Crippen LogP contribution in [0.1, 0.15) is 25.6 Å². The molecule has 4 N–H and O–H groups in total. The molecule has 0 saturated heterocycles. The number of nitrogen functional groups attached to an aromatic ring is 2. The summed E-state index contributed by atoms with van der Waals surface area (Å²) in [6.07, 6.45) is 0. The zero-order chi connectivity index (χ0) is 12.9. The summed E-state index contributed by atoms with van der Waals surface area (Å²) in [5.41, 5.74) is 8.33. The van der Waals surface area contributed by atoms with Gasteiger partial charge in [-0.15, -0.1) is 0 Å². The summed E-state index contributed by atoms with van der Waals surface area (Å²) < 4.78 is 1.63. The van der Waals surface area contributed by atoms with Crippen molar-refractivity contribution in [2.75, 3.05) is 11.6 Å². The summed E-state index contributed by atoms with van der Waals surface area (Å²) in [5.74, 6) is 7.62. The van der Waals surface area contributed by atoms with Gasteiger partial charge in [-0.05, 0) is 6.07 Å². The number of imidazole rings is 1. The molecule has 0 radical (unpaired) electrons. The molecule has 0 saturated carbocycles. The van der Waals surface area contributed by atoms with E-state index >= 15 is 0 Å². The number of nitrogens with two attached hydrogens (primary N) is 2. The third-order valence-electron chi connectivity index (χ3n) is 3.10. The standard InChI is InChI=1S/C13H15N5/c1-7(2)13-17-10-11(18(13)15)8-5-3-4-6-9(8)16-12(10)14/h3-7H,15H2,1-2H3,(H2,14,16). The van der Waals surface area contributed by atoms with Crippen LogP contribution in [0.15, 0.2) is 24.3 Å². The van der Waals surface area contributed by atoms with Crippen LogP contribution >= 0.6 is 0 Å². The van der Waals surface area contributed by atoms with Crippen LogP contribution in [0.25, 0.3) is 21.9 Å². The lowest BCUT2D eigenvalue weighted by atomic mass is 10.2. The summed E-state index contributed by atoms with van der Waals surface area (Å²) in [7, 11) is 0. The van der Waals surface area contributed by atoms with Crippen molar-refractivity contribution >= 4 is 27.8 Å². The zero-order valence-corrected chi connectivity index (χ0v) is 10.4. The Morgan fingerprint density at radius 1 is 1.17 bits per heavy atom. The largest absolute Gasteiger partial charge is 0.382 e. The van der Waals surface area contributed by atoms with E-state index in [1.807, 2.05) is 24.3 Å². The van der Waals surface area contributed by atoms with E-state index in [-0.39, 0.29) is 5.92 Å². The van der Waals surface area contributed by atoms with E-state index < -0.39 is 0 Å². The van der Waals surface area contributed by atoms with Crippen LogP contribution < -0.4 is 11.6 Å². The van der Waals surface area contributed by atoms with Gasteiger partial charge in [-0.1, -0.05) is 32.0 Å². The fourth-order valence-corrected chi connectivity index (χ4v) is 2.25. The predicted octanol–water partition coefficient (Wildman–Crippen LogP) is 2.00. The van der Waals surface area contributed by atoms with Gasteiger partial charge < -0.3 is 11.6 Å². The Labute approximate surface area is 104 Å². The molecule has 0 aliphatic carbocycles. The van der Waals surface area contributed by atoms with E-state index in [0.717, 1.165) is 22.2 Å². The Morgan fingerprint density at radius 2 is 1.89 bits per heavy atom. The SMILES string of the molecule is CC(C)c1nc2c(N)nc3ccccc3c2n1N. The van der Waals surface area contributed by atoms with Crippen molar-refractivity contribution in [1.29, 1.82) is 0 Å². The molecule has 3 aromatic rings. The fourth-order valence-electron chi connectivity index (χ4n) is 2.25. The minimum absolute atomic E-state index is 0.237. The average Bonchev–Trinajstić information content (AvgIpc) is 2.69. The third kappa shape index (κ3) is 1.33. The maximum atomic E-state index is 6.15. The van der Waals surface area contributed by atoms with Gasteiger partial charge in [-0.3, -0.25) is 0 Å². The number of hydrogen-bond donors (Lipinski definition) is 2. The molecule has 5 heteroatoms. The van der Waals surface area contributed by atoms with Crippen LogP contribution in [-0.2, 0) is 0 Å². The zero-order valence-electron chi connectivity index (χ0n) is 10.4. The lowest BCUT2D eigenvalue weighted by molar-refractivity contribution is 0.746. The Balaban J connectivity index is 2.55. The quantitative estimate of drug-likeness (QED) is 0.638. The van der Waals surface area contributed by atoms with E-state index in [0.29, 0.717) is 11.3 Å². The number of anilines is 1. The Hall–Kier alpha value is -2.30. The maximum absolute atomic E-state index is 6.15. The molecule has 1 aromatic carbocycles. The number of benzene rings is 1. The second-order valence-corrected chi connectivity index (χ2v) is 4.71. The molecule has 2 heterocycles. The fraction of sp³-hybridized carbons (Fsp3) is 0.231. The van der Waals surface area contributed by atoms with E-state index in [2.05, 4.69) is 23.8 Å². The molecule has 0 amide bonds. The molecule has 2 aromatic heterocycles. The topological polar surface area (TPSA) is 82.8 Å². The number of pyridine rings is 1. The van der Waals surface area contributed by atoms with Gasteiger partial charge in [-0.2, -0.15) is 0 Å². The highest BCUT2D eigenvalue weighted by Gasteiger charge is 2.17. The van der Waals surface area contributed by atoms with Gasteiger partial charge in [0, 0.05) is 11.3 Å². The van der Waals surface area contributed by atoms with Crippen LogP contribution in [0.3, 0.4) is 0 Å². The van der Waals surface area contributed by atoms with Crippen molar-refractivity contribution in [2.24, 2.45) is 0 Å². The van der Waals surface area contributed by atoms with Crippen molar-refractivity contribution in [3.8, 4) is 0 Å². The Morgan fingerprint density at radius 3 is 2.61 bits per heavy atom. The summed E-state index contributed by atoms with van der Waals surface area (Å²) in [4.78, 5) is 8.88. The molecular weight excluding hydrogens is 226 g/mol. The molecule has 0 unspecified atom stereocenters. The van der Waals surface area contributed by atoms with Gasteiger partial charge in [0.15, 0.2) is 5.82 Å². The van der Waals surface area contributed by atoms with Crippen LogP contribution in [0, 0.1) is 0 Å². The molecule has 0 spiro atoms. The number of fused-ring (bicyclic) bond motifs is 3. The van der Waals surface area contributed by atoms with Gasteiger partial charge in [0.2, 0.25) is 0 Å². The summed E-state index contributed by atoms with van der Waals surface area (Å²) in [6, 6.07) is 7.80.